The second-order valence-electron chi connectivity index (χ2n) is 3.90. The van der Waals surface area contributed by atoms with Crippen LogP contribution in [0.3, 0.4) is 0 Å². The number of hydrogen-bond acceptors (Lipinski definition) is 4. The fraction of sp³-hybridized carbons (Fsp3) is 0.154. The van der Waals surface area contributed by atoms with Gasteiger partial charge in [-0.15, -0.1) is 0 Å². The lowest BCUT2D eigenvalue weighted by atomic mass is 10.0. The summed E-state index contributed by atoms with van der Waals surface area (Å²) in [5.41, 5.74) is -1.89. The van der Waals surface area contributed by atoms with Gasteiger partial charge in [0.2, 0.25) is 5.78 Å². The Hall–Kier alpha value is -2.15. The molecular formula is C13H10ClF3N2O2. The Morgan fingerprint density at radius 3 is 2.48 bits per heavy atom. The van der Waals surface area contributed by atoms with Crippen molar-refractivity contribution in [1.29, 1.82) is 5.41 Å². The van der Waals surface area contributed by atoms with Gasteiger partial charge in [0.25, 0.3) is 0 Å². The predicted molar refractivity (Wildman–Crippen MR) is 71.9 cm³/mol. The average Bonchev–Trinajstić information content (AvgIpc) is 2.42. The van der Waals surface area contributed by atoms with E-state index in [0.29, 0.717) is 6.29 Å². The summed E-state index contributed by atoms with van der Waals surface area (Å²) in [5.74, 6) is -1.14. The lowest BCUT2D eigenvalue weighted by Crippen LogP contribution is -2.25. The van der Waals surface area contributed by atoms with E-state index >= 15 is 0 Å². The van der Waals surface area contributed by atoms with Gasteiger partial charge in [-0.05, 0) is 12.1 Å². The normalized spacial score (nSPS) is 12.0. The zero-order chi connectivity index (χ0) is 16.2. The van der Waals surface area contributed by atoms with Crippen LogP contribution in [0.2, 0.25) is 5.02 Å². The van der Waals surface area contributed by atoms with E-state index in [-0.39, 0.29) is 22.2 Å². The van der Waals surface area contributed by atoms with E-state index in [2.05, 4.69) is 0 Å². The smallest absolute Gasteiger partial charge is 0.384 e. The van der Waals surface area contributed by atoms with Crippen molar-refractivity contribution in [3.05, 3.63) is 46.1 Å². The van der Waals surface area contributed by atoms with Gasteiger partial charge >= 0.3 is 6.18 Å². The molecule has 0 unspecified atom stereocenters. The quantitative estimate of drug-likeness (QED) is 0.498. The monoisotopic (exact) mass is 318 g/mol. The highest BCUT2D eigenvalue weighted by atomic mass is 35.5. The topological polar surface area (TPSA) is 70.0 Å². The van der Waals surface area contributed by atoms with Crippen LogP contribution in [0.25, 0.3) is 0 Å². The van der Waals surface area contributed by atoms with E-state index in [1.807, 2.05) is 5.32 Å². The first-order valence-corrected chi connectivity index (χ1v) is 5.93. The molecule has 0 aromatic heterocycles. The van der Waals surface area contributed by atoms with Crippen LogP contribution in [0.1, 0.15) is 15.9 Å². The minimum absolute atomic E-state index is 0.000350. The molecule has 0 heterocycles. The standard InChI is InChI=1S/C13H10ClF3N2O2/c1-19-11(13(15,16)17)5-10(21)12(18)7-2-3-9(14)8(4-7)6-20/h2-6,18-19H,1H3/b11-5-,18-12?. The van der Waals surface area contributed by atoms with Gasteiger partial charge < -0.3 is 5.32 Å². The van der Waals surface area contributed by atoms with Gasteiger partial charge in [-0.25, -0.2) is 0 Å². The lowest BCUT2D eigenvalue weighted by molar-refractivity contribution is -0.111. The highest BCUT2D eigenvalue weighted by molar-refractivity contribution is 6.49. The molecule has 0 saturated heterocycles. The highest BCUT2D eigenvalue weighted by Gasteiger charge is 2.34. The number of ketones is 1. The van der Waals surface area contributed by atoms with E-state index in [4.69, 9.17) is 17.0 Å². The number of nitrogens with one attached hydrogen (secondary N) is 2. The van der Waals surface area contributed by atoms with Crippen molar-refractivity contribution in [1.82, 2.24) is 5.32 Å². The molecule has 0 fully saturated rings. The highest BCUT2D eigenvalue weighted by Crippen LogP contribution is 2.23. The first-order chi connectivity index (χ1) is 9.70. The summed E-state index contributed by atoms with van der Waals surface area (Å²) < 4.78 is 37.5. The Morgan fingerprint density at radius 2 is 2.00 bits per heavy atom. The molecule has 0 spiro atoms. The van der Waals surface area contributed by atoms with Crippen LogP contribution in [0.15, 0.2) is 30.0 Å². The molecule has 0 aliphatic carbocycles. The van der Waals surface area contributed by atoms with E-state index in [1.165, 1.54) is 12.1 Å². The number of carbonyl (C=O) groups is 2. The molecule has 112 valence electrons. The first-order valence-electron chi connectivity index (χ1n) is 5.55. The Balaban J connectivity index is 3.11. The molecule has 0 saturated carbocycles. The first kappa shape index (κ1) is 16.9. The van der Waals surface area contributed by atoms with E-state index in [1.54, 1.807) is 0 Å². The van der Waals surface area contributed by atoms with Crippen molar-refractivity contribution in [2.45, 2.75) is 6.18 Å². The summed E-state index contributed by atoms with van der Waals surface area (Å²) in [6, 6.07) is 3.72. The van der Waals surface area contributed by atoms with Crippen LogP contribution < -0.4 is 5.32 Å². The molecule has 0 atom stereocenters. The maximum absolute atomic E-state index is 12.5. The second-order valence-corrected chi connectivity index (χ2v) is 4.31. The number of hydrogen-bond donors (Lipinski definition) is 2. The number of alkyl halides is 3. The van der Waals surface area contributed by atoms with Crippen LogP contribution >= 0.6 is 11.6 Å². The summed E-state index contributed by atoms with van der Waals surface area (Å²) in [7, 11) is 1.02. The third-order valence-corrected chi connectivity index (χ3v) is 2.85. The summed E-state index contributed by atoms with van der Waals surface area (Å²) in [6.45, 7) is 0. The number of allylic oxidation sites excluding steroid dienone is 2. The van der Waals surface area contributed by atoms with Gasteiger partial charge in [0.05, 0.1) is 5.02 Å². The van der Waals surface area contributed by atoms with Crippen LogP contribution in [-0.4, -0.2) is 31.0 Å². The Bertz CT molecular complexity index is 624. The molecule has 0 amide bonds. The summed E-state index contributed by atoms with van der Waals surface area (Å²) in [6.07, 6.45) is -4.01. The maximum atomic E-state index is 12.5. The van der Waals surface area contributed by atoms with E-state index in [0.717, 1.165) is 13.1 Å². The lowest BCUT2D eigenvalue weighted by Gasteiger charge is -2.10. The van der Waals surface area contributed by atoms with Crippen LogP contribution in [0, 0.1) is 5.41 Å². The Labute approximate surface area is 123 Å². The number of carbonyl (C=O) groups excluding carboxylic acids is 2. The van der Waals surface area contributed by atoms with E-state index in [9.17, 15) is 22.8 Å². The van der Waals surface area contributed by atoms with Gasteiger partial charge in [0.1, 0.15) is 11.4 Å². The fourth-order valence-corrected chi connectivity index (χ4v) is 1.59. The van der Waals surface area contributed by atoms with Crippen LogP contribution in [0.4, 0.5) is 13.2 Å². The van der Waals surface area contributed by atoms with Gasteiger partial charge in [-0.3, -0.25) is 15.0 Å². The van der Waals surface area contributed by atoms with Crippen molar-refractivity contribution < 1.29 is 22.8 Å². The fourth-order valence-electron chi connectivity index (χ4n) is 1.43. The van der Waals surface area contributed by atoms with Crippen LogP contribution in [-0.2, 0) is 4.79 Å². The van der Waals surface area contributed by atoms with Gasteiger partial charge in [-0.1, -0.05) is 17.7 Å². The molecule has 1 aromatic carbocycles. The number of aldehydes is 1. The molecule has 1 rings (SSSR count). The minimum Gasteiger partial charge on any atom is -0.384 e. The SMILES string of the molecule is CN/C(=C\C(=O)C(=N)c1ccc(Cl)c(C=O)c1)C(F)(F)F. The molecule has 2 N–H and O–H groups in total. The molecular weight excluding hydrogens is 309 g/mol. The zero-order valence-corrected chi connectivity index (χ0v) is 11.5. The minimum atomic E-state index is -4.72. The van der Waals surface area contributed by atoms with Crippen molar-refractivity contribution in [2.24, 2.45) is 0 Å². The molecule has 4 nitrogen and oxygen atoms in total. The Kier molecular flexibility index (Phi) is 5.26. The summed E-state index contributed by atoms with van der Waals surface area (Å²) in [4.78, 5) is 22.4. The van der Waals surface area contributed by atoms with Gasteiger partial charge in [0.15, 0.2) is 6.29 Å². The third kappa shape index (κ3) is 4.16. The molecule has 0 radical (unpaired) electrons. The second kappa shape index (κ2) is 6.53. The third-order valence-electron chi connectivity index (χ3n) is 2.51. The van der Waals surface area contributed by atoms with Crippen molar-refractivity contribution in [3.8, 4) is 0 Å². The van der Waals surface area contributed by atoms with E-state index < -0.39 is 23.4 Å². The molecule has 0 aliphatic heterocycles. The van der Waals surface area contributed by atoms with Gasteiger partial charge in [-0.2, -0.15) is 13.2 Å². The predicted octanol–water partition coefficient (Wildman–Crippen LogP) is 2.76. The zero-order valence-electron chi connectivity index (χ0n) is 10.7. The van der Waals surface area contributed by atoms with Gasteiger partial charge in [0, 0.05) is 24.3 Å². The average molecular weight is 319 g/mol. The largest absolute Gasteiger partial charge is 0.431 e. The van der Waals surface area contributed by atoms with Crippen molar-refractivity contribution in [2.75, 3.05) is 7.05 Å². The summed E-state index contributed by atoms with van der Waals surface area (Å²) in [5, 5.41) is 9.58. The van der Waals surface area contributed by atoms with Crippen molar-refractivity contribution >= 4 is 29.4 Å². The molecule has 8 heteroatoms. The molecule has 0 bridgehead atoms. The molecule has 21 heavy (non-hydrogen) atoms. The number of rotatable bonds is 5. The maximum Gasteiger partial charge on any atom is 0.431 e. The summed E-state index contributed by atoms with van der Waals surface area (Å²) >= 11 is 5.69. The molecule has 0 aliphatic rings. The number of halogens is 4. The Morgan fingerprint density at radius 1 is 1.38 bits per heavy atom. The number of benzene rings is 1. The molecule has 1 aromatic rings. The van der Waals surface area contributed by atoms with Crippen LogP contribution in [0.5, 0.6) is 0 Å². The van der Waals surface area contributed by atoms with Crippen molar-refractivity contribution in [3.63, 3.8) is 0 Å².